The molecule has 0 unspecified atom stereocenters. The van der Waals surface area contributed by atoms with Crippen LogP contribution in [0.1, 0.15) is 63.6 Å². The summed E-state index contributed by atoms with van der Waals surface area (Å²) in [6, 6.07) is 18.2. The van der Waals surface area contributed by atoms with Crippen molar-refractivity contribution in [3.8, 4) is 23.1 Å². The molecule has 0 aliphatic carbocycles. The predicted octanol–water partition coefficient (Wildman–Crippen LogP) is 7.04. The molecule has 4 aromatic rings. The third-order valence-electron chi connectivity index (χ3n) is 5.65. The molecule has 0 atom stereocenters. The van der Waals surface area contributed by atoms with E-state index < -0.39 is 0 Å². The molecular formula is C30H34N4. The molecule has 0 amide bonds. The fourth-order valence-electron chi connectivity index (χ4n) is 4.69. The van der Waals surface area contributed by atoms with Crippen LogP contribution in [0.5, 0.6) is 0 Å². The summed E-state index contributed by atoms with van der Waals surface area (Å²) in [6.07, 6.45) is 3.16. The SMILES string of the molecule is Cc1ccc2nc(-c3ccc(C#Cc4ccccc4)nc3C)c(NC(C)(C)CC(C)(C)C)n2c1. The number of aromatic nitrogens is 3. The van der Waals surface area contributed by atoms with E-state index >= 15 is 0 Å². The molecule has 1 aromatic carbocycles. The standard InChI is InChI=1S/C30H34N4/c1-21-13-18-26-32-27(28(34(26)19-21)33-30(6,7)20-29(3,4)5)25-17-16-24(31-22(25)2)15-14-23-11-9-8-10-12-23/h8-13,16-19,33H,20H2,1-7H3. The van der Waals surface area contributed by atoms with Crippen LogP contribution < -0.4 is 5.32 Å². The highest BCUT2D eigenvalue weighted by atomic mass is 15.2. The molecule has 4 heteroatoms. The first-order valence-electron chi connectivity index (χ1n) is 11.8. The lowest BCUT2D eigenvalue weighted by atomic mass is 9.82. The molecule has 0 saturated heterocycles. The zero-order valence-corrected chi connectivity index (χ0v) is 21.3. The van der Waals surface area contributed by atoms with Gasteiger partial charge in [-0.3, -0.25) is 4.40 Å². The number of aryl methyl sites for hydroxylation is 2. The van der Waals surface area contributed by atoms with Gasteiger partial charge in [0.15, 0.2) is 0 Å². The Kier molecular flexibility index (Phi) is 6.23. The van der Waals surface area contributed by atoms with Crippen LogP contribution in [0.3, 0.4) is 0 Å². The van der Waals surface area contributed by atoms with E-state index in [9.17, 15) is 0 Å². The third kappa shape index (κ3) is 5.48. The van der Waals surface area contributed by atoms with Gasteiger partial charge in [-0.25, -0.2) is 9.97 Å². The van der Waals surface area contributed by atoms with Gasteiger partial charge >= 0.3 is 0 Å². The smallest absolute Gasteiger partial charge is 0.139 e. The van der Waals surface area contributed by atoms with Crippen LogP contribution in [0, 0.1) is 31.1 Å². The van der Waals surface area contributed by atoms with E-state index in [1.54, 1.807) is 0 Å². The summed E-state index contributed by atoms with van der Waals surface area (Å²) < 4.78 is 2.16. The van der Waals surface area contributed by atoms with Crippen molar-refractivity contribution in [1.82, 2.24) is 14.4 Å². The van der Waals surface area contributed by atoms with E-state index in [0.717, 1.165) is 46.1 Å². The van der Waals surface area contributed by atoms with Crippen molar-refractivity contribution in [1.29, 1.82) is 0 Å². The van der Waals surface area contributed by atoms with Gasteiger partial charge < -0.3 is 5.32 Å². The van der Waals surface area contributed by atoms with Crippen LogP contribution in [0.25, 0.3) is 16.9 Å². The third-order valence-corrected chi connectivity index (χ3v) is 5.65. The lowest BCUT2D eigenvalue weighted by molar-refractivity contribution is 0.302. The van der Waals surface area contributed by atoms with Gasteiger partial charge in [-0.15, -0.1) is 0 Å². The van der Waals surface area contributed by atoms with Crippen LogP contribution in [0.15, 0.2) is 60.8 Å². The molecule has 4 rings (SSSR count). The molecule has 4 nitrogen and oxygen atoms in total. The summed E-state index contributed by atoms with van der Waals surface area (Å²) in [4.78, 5) is 9.81. The number of imidazole rings is 1. The summed E-state index contributed by atoms with van der Waals surface area (Å²) in [6.45, 7) is 15.5. The van der Waals surface area contributed by atoms with Gasteiger partial charge in [0.2, 0.25) is 0 Å². The maximum Gasteiger partial charge on any atom is 0.139 e. The van der Waals surface area contributed by atoms with E-state index in [0.29, 0.717) is 0 Å². The maximum atomic E-state index is 5.01. The number of nitrogens with one attached hydrogen (secondary N) is 1. The summed E-state index contributed by atoms with van der Waals surface area (Å²) in [7, 11) is 0. The van der Waals surface area contributed by atoms with Gasteiger partial charge in [0.25, 0.3) is 0 Å². The Morgan fingerprint density at radius 2 is 1.59 bits per heavy atom. The average Bonchev–Trinajstić information content (AvgIpc) is 3.08. The lowest BCUT2D eigenvalue weighted by Gasteiger charge is -2.34. The van der Waals surface area contributed by atoms with Crippen LogP contribution >= 0.6 is 0 Å². The second kappa shape index (κ2) is 8.99. The highest BCUT2D eigenvalue weighted by molar-refractivity contribution is 5.78. The average molecular weight is 451 g/mol. The van der Waals surface area contributed by atoms with E-state index in [4.69, 9.17) is 9.97 Å². The topological polar surface area (TPSA) is 42.2 Å². The lowest BCUT2D eigenvalue weighted by Crippen LogP contribution is -2.36. The van der Waals surface area contributed by atoms with Gasteiger partial charge in [0.1, 0.15) is 22.9 Å². The quantitative estimate of drug-likeness (QED) is 0.339. The number of fused-ring (bicyclic) bond motifs is 1. The second-order valence-corrected chi connectivity index (χ2v) is 10.9. The van der Waals surface area contributed by atoms with Crippen LogP contribution in [0.2, 0.25) is 0 Å². The largest absolute Gasteiger partial charge is 0.364 e. The highest BCUT2D eigenvalue weighted by Crippen LogP contribution is 2.35. The molecule has 0 radical (unpaired) electrons. The summed E-state index contributed by atoms with van der Waals surface area (Å²) in [5.74, 6) is 7.39. The number of rotatable bonds is 4. The molecule has 174 valence electrons. The number of anilines is 1. The van der Waals surface area contributed by atoms with Crippen molar-refractivity contribution >= 4 is 11.5 Å². The zero-order chi connectivity index (χ0) is 24.5. The molecule has 0 spiro atoms. The summed E-state index contributed by atoms with van der Waals surface area (Å²) >= 11 is 0. The molecule has 1 N–H and O–H groups in total. The molecule has 0 bridgehead atoms. The van der Waals surface area contributed by atoms with E-state index in [1.807, 2.05) is 43.3 Å². The number of nitrogens with zero attached hydrogens (tertiary/aromatic N) is 3. The van der Waals surface area contributed by atoms with Crippen molar-refractivity contribution < 1.29 is 0 Å². The fraction of sp³-hybridized carbons (Fsp3) is 0.333. The molecule has 3 heterocycles. The van der Waals surface area contributed by atoms with Crippen molar-refractivity contribution in [3.63, 3.8) is 0 Å². The number of pyridine rings is 2. The van der Waals surface area contributed by atoms with Crippen molar-refractivity contribution in [2.45, 2.75) is 60.4 Å². The number of hydrogen-bond donors (Lipinski definition) is 1. The Labute approximate surface area is 203 Å². The fourth-order valence-corrected chi connectivity index (χ4v) is 4.69. The second-order valence-electron chi connectivity index (χ2n) is 10.9. The van der Waals surface area contributed by atoms with Crippen LogP contribution in [0.4, 0.5) is 5.82 Å². The number of hydrogen-bond acceptors (Lipinski definition) is 3. The van der Waals surface area contributed by atoms with Gasteiger partial charge in [-0.1, -0.05) is 51.0 Å². The predicted molar refractivity (Wildman–Crippen MR) is 142 cm³/mol. The van der Waals surface area contributed by atoms with E-state index in [-0.39, 0.29) is 11.0 Å². The molecule has 0 saturated carbocycles. The Morgan fingerprint density at radius 1 is 0.853 bits per heavy atom. The van der Waals surface area contributed by atoms with Crippen molar-refractivity contribution in [3.05, 3.63) is 83.3 Å². The normalized spacial score (nSPS) is 11.9. The zero-order valence-electron chi connectivity index (χ0n) is 21.3. The minimum atomic E-state index is -0.116. The molecule has 0 aliphatic heterocycles. The van der Waals surface area contributed by atoms with Crippen molar-refractivity contribution in [2.75, 3.05) is 5.32 Å². The minimum Gasteiger partial charge on any atom is -0.364 e. The first-order chi connectivity index (χ1) is 16.0. The highest BCUT2D eigenvalue weighted by Gasteiger charge is 2.28. The first kappa shape index (κ1) is 23.6. The molecule has 34 heavy (non-hydrogen) atoms. The van der Waals surface area contributed by atoms with Crippen LogP contribution in [-0.2, 0) is 0 Å². The summed E-state index contributed by atoms with van der Waals surface area (Å²) in [5, 5.41) is 3.83. The van der Waals surface area contributed by atoms with Gasteiger partial charge in [0, 0.05) is 28.6 Å². The molecular weight excluding hydrogens is 416 g/mol. The Balaban J connectivity index is 1.77. The van der Waals surface area contributed by atoms with Crippen LogP contribution in [-0.4, -0.2) is 19.9 Å². The maximum absolute atomic E-state index is 5.01. The van der Waals surface area contributed by atoms with Gasteiger partial charge in [-0.2, -0.15) is 0 Å². The summed E-state index contributed by atoms with van der Waals surface area (Å²) in [5.41, 5.74) is 6.77. The van der Waals surface area contributed by atoms with Gasteiger partial charge in [-0.05, 0) is 81.3 Å². The molecule has 0 aliphatic rings. The Morgan fingerprint density at radius 3 is 2.26 bits per heavy atom. The minimum absolute atomic E-state index is 0.116. The Bertz CT molecular complexity index is 1380. The Hall–Kier alpha value is -3.58. The van der Waals surface area contributed by atoms with Crippen molar-refractivity contribution in [2.24, 2.45) is 5.41 Å². The van der Waals surface area contributed by atoms with E-state index in [1.165, 1.54) is 5.56 Å². The molecule has 3 aromatic heterocycles. The first-order valence-corrected chi connectivity index (χ1v) is 11.8. The van der Waals surface area contributed by atoms with Gasteiger partial charge in [0.05, 0.1) is 0 Å². The van der Waals surface area contributed by atoms with E-state index in [2.05, 4.69) is 87.5 Å². The monoisotopic (exact) mass is 450 g/mol. The molecule has 0 fully saturated rings. The number of benzene rings is 1.